The number of rotatable bonds is 9. The average molecular weight is 216 g/mol. The second-order valence-electron chi connectivity index (χ2n) is 4.21. The normalized spacial score (nSPS) is 14.4. The van der Waals surface area contributed by atoms with Gasteiger partial charge in [0.1, 0.15) is 0 Å². The fourth-order valence-electron chi connectivity index (χ4n) is 1.46. The third kappa shape index (κ3) is 7.53. The maximum Gasteiger partial charge on any atom is 0.0993 e. The van der Waals surface area contributed by atoms with Crippen molar-refractivity contribution in [1.82, 2.24) is 9.88 Å². The number of nitrogens with zero attached hydrogens (tertiary/aromatic N) is 1. The zero-order valence-electron chi connectivity index (χ0n) is 10.5. The van der Waals surface area contributed by atoms with Gasteiger partial charge >= 0.3 is 0 Å². The highest BCUT2D eigenvalue weighted by Gasteiger charge is 2.08. The molecule has 3 heteroatoms. The van der Waals surface area contributed by atoms with Crippen LogP contribution in [0.25, 0.3) is 0 Å². The van der Waals surface area contributed by atoms with E-state index in [0.29, 0.717) is 0 Å². The molecule has 1 atom stereocenters. The van der Waals surface area contributed by atoms with Crippen molar-refractivity contribution in [3.05, 3.63) is 0 Å². The van der Waals surface area contributed by atoms with E-state index in [0.717, 1.165) is 18.8 Å². The van der Waals surface area contributed by atoms with Gasteiger partial charge in [-0.25, -0.2) is 0 Å². The van der Waals surface area contributed by atoms with Gasteiger partial charge in [0.15, 0.2) is 0 Å². The molecule has 0 aromatic carbocycles. The summed E-state index contributed by atoms with van der Waals surface area (Å²) in [6.45, 7) is 12.7. The van der Waals surface area contributed by atoms with Gasteiger partial charge in [0.25, 0.3) is 0 Å². The van der Waals surface area contributed by atoms with Crippen molar-refractivity contribution in [1.29, 1.82) is 0 Å². The molecule has 0 saturated heterocycles. The largest absolute Gasteiger partial charge is 0.317 e. The smallest absolute Gasteiger partial charge is 0.0993 e. The van der Waals surface area contributed by atoms with E-state index in [1.807, 2.05) is 0 Å². The molecule has 0 radical (unpaired) electrons. The van der Waals surface area contributed by atoms with Crippen LogP contribution in [0.5, 0.6) is 0 Å². The average Bonchev–Trinajstić information content (AvgIpc) is 2.21. The highest BCUT2D eigenvalue weighted by molar-refractivity contribution is 6.33. The standard InChI is InChI=1S/C11H28N2Si/c1-5-8-9-13(10-12-7-3)14-11(4)6-2/h11-12H,5-10,14H2,1-4H3. The Labute approximate surface area is 92.4 Å². The molecule has 0 rings (SSSR count). The summed E-state index contributed by atoms with van der Waals surface area (Å²) in [4.78, 5) is 0. The molecule has 0 spiro atoms. The van der Waals surface area contributed by atoms with Gasteiger partial charge in [0.05, 0.1) is 9.68 Å². The van der Waals surface area contributed by atoms with Crippen LogP contribution in [0.15, 0.2) is 0 Å². The summed E-state index contributed by atoms with van der Waals surface area (Å²) in [5.74, 6) is 0. The Kier molecular flexibility index (Phi) is 9.78. The molecule has 0 aromatic heterocycles. The summed E-state index contributed by atoms with van der Waals surface area (Å²) in [6.07, 6.45) is 4.02. The second kappa shape index (κ2) is 9.68. The molecule has 0 aromatic rings. The lowest BCUT2D eigenvalue weighted by Gasteiger charge is -2.24. The van der Waals surface area contributed by atoms with Crippen LogP contribution in [0, 0.1) is 0 Å². The van der Waals surface area contributed by atoms with Crippen molar-refractivity contribution in [2.45, 2.75) is 52.5 Å². The van der Waals surface area contributed by atoms with Crippen molar-refractivity contribution < 1.29 is 0 Å². The molecule has 0 bridgehead atoms. The van der Waals surface area contributed by atoms with Crippen LogP contribution in [0.1, 0.15) is 47.0 Å². The molecule has 0 fully saturated rings. The number of hydrogen-bond donors (Lipinski definition) is 1. The Balaban J connectivity index is 3.71. The van der Waals surface area contributed by atoms with Gasteiger partial charge in [-0.05, 0) is 25.1 Å². The van der Waals surface area contributed by atoms with Crippen LogP contribution in [0.2, 0.25) is 5.54 Å². The van der Waals surface area contributed by atoms with E-state index in [2.05, 4.69) is 37.6 Å². The van der Waals surface area contributed by atoms with Gasteiger partial charge in [-0.15, -0.1) is 0 Å². The van der Waals surface area contributed by atoms with Gasteiger partial charge in [0.2, 0.25) is 0 Å². The van der Waals surface area contributed by atoms with Crippen LogP contribution in [0.4, 0.5) is 0 Å². The van der Waals surface area contributed by atoms with E-state index in [1.165, 1.54) is 25.8 Å². The minimum absolute atomic E-state index is 0.0201. The fourth-order valence-corrected chi connectivity index (χ4v) is 3.29. The Morgan fingerprint density at radius 1 is 1.29 bits per heavy atom. The molecule has 0 aliphatic rings. The van der Waals surface area contributed by atoms with Gasteiger partial charge in [-0.3, -0.25) is 0 Å². The van der Waals surface area contributed by atoms with Gasteiger partial charge in [-0.1, -0.05) is 40.5 Å². The van der Waals surface area contributed by atoms with E-state index in [1.54, 1.807) is 0 Å². The molecule has 2 nitrogen and oxygen atoms in total. The van der Waals surface area contributed by atoms with Crippen LogP contribution < -0.4 is 5.32 Å². The maximum absolute atomic E-state index is 3.45. The van der Waals surface area contributed by atoms with Crippen molar-refractivity contribution in [2.24, 2.45) is 0 Å². The lowest BCUT2D eigenvalue weighted by Crippen LogP contribution is -2.38. The summed E-state index contributed by atoms with van der Waals surface area (Å²) < 4.78 is 2.68. The molecule has 14 heavy (non-hydrogen) atoms. The van der Waals surface area contributed by atoms with Gasteiger partial charge in [-0.2, -0.15) is 0 Å². The maximum atomic E-state index is 3.45. The van der Waals surface area contributed by atoms with Gasteiger partial charge < -0.3 is 9.88 Å². The first-order valence-corrected chi connectivity index (χ1v) is 7.62. The van der Waals surface area contributed by atoms with E-state index >= 15 is 0 Å². The highest BCUT2D eigenvalue weighted by Crippen LogP contribution is 2.08. The molecular formula is C11H28N2Si. The first-order chi connectivity index (χ1) is 6.74. The molecule has 86 valence electrons. The minimum atomic E-state index is -0.0201. The van der Waals surface area contributed by atoms with Crippen LogP contribution in [-0.2, 0) is 0 Å². The third-order valence-electron chi connectivity index (χ3n) is 2.68. The van der Waals surface area contributed by atoms with E-state index in [-0.39, 0.29) is 9.68 Å². The Morgan fingerprint density at radius 2 is 2.00 bits per heavy atom. The summed E-state index contributed by atoms with van der Waals surface area (Å²) >= 11 is 0. The first kappa shape index (κ1) is 14.1. The highest BCUT2D eigenvalue weighted by atomic mass is 28.2. The summed E-state index contributed by atoms with van der Waals surface area (Å²) in [5.41, 5.74) is 0.963. The zero-order valence-corrected chi connectivity index (χ0v) is 11.9. The van der Waals surface area contributed by atoms with Crippen molar-refractivity contribution in [3.63, 3.8) is 0 Å². The molecule has 0 aliphatic carbocycles. The van der Waals surface area contributed by atoms with Crippen LogP contribution in [-0.4, -0.2) is 34.0 Å². The fraction of sp³-hybridized carbons (Fsp3) is 1.00. The quantitative estimate of drug-likeness (QED) is 0.468. The zero-order chi connectivity index (χ0) is 10.8. The number of nitrogens with one attached hydrogen (secondary N) is 1. The van der Waals surface area contributed by atoms with Gasteiger partial charge in [0, 0.05) is 6.67 Å². The molecule has 0 heterocycles. The topological polar surface area (TPSA) is 15.3 Å². The molecule has 1 unspecified atom stereocenters. The van der Waals surface area contributed by atoms with Crippen molar-refractivity contribution >= 4 is 9.68 Å². The monoisotopic (exact) mass is 216 g/mol. The van der Waals surface area contributed by atoms with Crippen molar-refractivity contribution in [2.75, 3.05) is 19.8 Å². The van der Waals surface area contributed by atoms with E-state index < -0.39 is 0 Å². The van der Waals surface area contributed by atoms with Crippen molar-refractivity contribution in [3.8, 4) is 0 Å². The molecule has 0 saturated carbocycles. The molecule has 0 amide bonds. The molecule has 0 aliphatic heterocycles. The summed E-state index contributed by atoms with van der Waals surface area (Å²) in [7, 11) is -0.0201. The lowest BCUT2D eigenvalue weighted by molar-refractivity contribution is 0.391. The third-order valence-corrected chi connectivity index (χ3v) is 4.94. The minimum Gasteiger partial charge on any atom is -0.317 e. The molecule has 1 N–H and O–H groups in total. The summed E-state index contributed by atoms with van der Waals surface area (Å²) in [5, 5.41) is 3.45. The second-order valence-corrected chi connectivity index (χ2v) is 6.86. The predicted molar refractivity (Wildman–Crippen MR) is 68.4 cm³/mol. The Morgan fingerprint density at radius 3 is 2.50 bits per heavy atom. The predicted octanol–water partition coefficient (Wildman–Crippen LogP) is 1.96. The molecular weight excluding hydrogens is 188 g/mol. The Hall–Kier alpha value is 0.137. The van der Waals surface area contributed by atoms with Crippen LogP contribution in [0.3, 0.4) is 0 Å². The summed E-state index contributed by atoms with van der Waals surface area (Å²) in [6, 6.07) is 0. The number of unbranched alkanes of at least 4 members (excludes halogenated alkanes) is 1. The van der Waals surface area contributed by atoms with E-state index in [9.17, 15) is 0 Å². The number of hydrogen-bond acceptors (Lipinski definition) is 2. The lowest BCUT2D eigenvalue weighted by atomic mass is 10.3. The van der Waals surface area contributed by atoms with E-state index in [4.69, 9.17) is 0 Å². The SMILES string of the molecule is CCCCN(CNCC)[SiH2]C(C)CC. The first-order valence-electron chi connectivity index (χ1n) is 6.17. The van der Waals surface area contributed by atoms with Crippen LogP contribution >= 0.6 is 0 Å². The Bertz CT molecular complexity index is 112.